The fourth-order valence-corrected chi connectivity index (χ4v) is 6.56. The molecule has 2 atom stereocenters. The number of hydrogen-bond donors (Lipinski definition) is 2. The zero-order valence-electron chi connectivity index (χ0n) is 14.9. The first-order chi connectivity index (χ1) is 14.0. The van der Waals surface area contributed by atoms with Crippen molar-refractivity contribution in [1.29, 1.82) is 0 Å². The molecule has 2 aliphatic heterocycles. The van der Waals surface area contributed by atoms with E-state index in [2.05, 4.69) is 0 Å². The fraction of sp³-hybridized carbons (Fsp3) is 0.200. The second kappa shape index (κ2) is 6.98. The molecule has 5 rings (SSSR count). The average Bonchev–Trinajstić information content (AvgIpc) is 3.12. The molecule has 1 aromatic heterocycles. The first-order valence-electron chi connectivity index (χ1n) is 8.85. The molecule has 1 saturated heterocycles. The van der Waals surface area contributed by atoms with Crippen molar-refractivity contribution < 1.29 is 19.1 Å². The van der Waals surface area contributed by atoms with Crippen molar-refractivity contribution in [3.8, 4) is 0 Å². The Balaban J connectivity index is 1.65. The van der Waals surface area contributed by atoms with Gasteiger partial charge in [0.15, 0.2) is 0 Å². The Labute approximate surface area is 179 Å². The number of hydrogen-bond acceptors (Lipinski definition) is 6. The lowest BCUT2D eigenvalue weighted by molar-refractivity contribution is -0.147. The van der Waals surface area contributed by atoms with E-state index in [0.717, 1.165) is 26.8 Å². The summed E-state index contributed by atoms with van der Waals surface area (Å²) in [6, 6.07) is 10.9. The number of alkyl halides is 1. The molecule has 3 N–H and O–H groups in total. The van der Waals surface area contributed by atoms with Crippen LogP contribution >= 0.6 is 35.1 Å². The maximum absolute atomic E-state index is 12.2. The van der Waals surface area contributed by atoms with E-state index in [-0.39, 0.29) is 17.0 Å². The number of carboxylic acid groups (broad SMARTS) is 1. The number of furan rings is 1. The number of fused-ring (bicyclic) bond motifs is 4. The van der Waals surface area contributed by atoms with Crippen LogP contribution in [0.3, 0.4) is 0 Å². The lowest BCUT2D eigenvalue weighted by atomic mass is 10.1. The standard InChI is InChI=1S/C20H15ClN2O4S2/c21-7-9-3-1-4-10-14-11(27-17(9)10)5-2-6-12(14)29-13-8-28-19-15(22)18(24)23(19)16(13)20(25)26/h1-6,15,19H,7-8,22H2,(H,25,26)/t15-,19-/m1/s1. The average molecular weight is 447 g/mol. The smallest absolute Gasteiger partial charge is 0.353 e. The van der Waals surface area contributed by atoms with Gasteiger partial charge in [0.2, 0.25) is 5.91 Å². The lowest BCUT2D eigenvalue weighted by Crippen LogP contribution is -2.68. The Bertz CT molecular complexity index is 1220. The number of amides is 1. The van der Waals surface area contributed by atoms with Gasteiger partial charge in [-0.2, -0.15) is 0 Å². The fourth-order valence-electron chi connectivity index (χ4n) is 3.76. The number of halogens is 1. The molecular formula is C20H15ClN2O4S2. The number of carbonyl (C=O) groups is 2. The number of thioether (sulfide) groups is 2. The minimum Gasteiger partial charge on any atom is -0.477 e. The van der Waals surface area contributed by atoms with Gasteiger partial charge >= 0.3 is 5.97 Å². The number of para-hydroxylation sites is 1. The predicted octanol–water partition coefficient (Wildman–Crippen LogP) is 3.96. The minimum atomic E-state index is -1.12. The number of nitrogens with zero attached hydrogens (tertiary/aromatic N) is 1. The van der Waals surface area contributed by atoms with Crippen molar-refractivity contribution in [1.82, 2.24) is 4.90 Å². The number of benzene rings is 2. The molecule has 9 heteroatoms. The van der Waals surface area contributed by atoms with Gasteiger partial charge in [0.05, 0.1) is 5.88 Å². The van der Waals surface area contributed by atoms with Gasteiger partial charge in [-0.05, 0) is 12.1 Å². The maximum atomic E-state index is 12.2. The highest BCUT2D eigenvalue weighted by Gasteiger charge is 2.51. The predicted molar refractivity (Wildman–Crippen MR) is 115 cm³/mol. The zero-order valence-corrected chi connectivity index (χ0v) is 17.3. The van der Waals surface area contributed by atoms with Gasteiger partial charge in [-0.15, -0.1) is 23.4 Å². The van der Waals surface area contributed by atoms with Crippen molar-refractivity contribution in [2.45, 2.75) is 22.2 Å². The highest BCUT2D eigenvalue weighted by Crippen LogP contribution is 2.47. The number of nitrogens with two attached hydrogens (primary N) is 1. The Morgan fingerprint density at radius 3 is 2.90 bits per heavy atom. The van der Waals surface area contributed by atoms with Gasteiger partial charge in [-0.1, -0.05) is 36.0 Å². The Morgan fingerprint density at radius 1 is 1.34 bits per heavy atom. The van der Waals surface area contributed by atoms with E-state index in [0.29, 0.717) is 22.1 Å². The van der Waals surface area contributed by atoms with Crippen LogP contribution in [0.1, 0.15) is 5.56 Å². The number of aliphatic carboxylic acids is 1. The topological polar surface area (TPSA) is 96.8 Å². The van der Waals surface area contributed by atoms with Crippen LogP contribution in [0.25, 0.3) is 21.9 Å². The Hall–Kier alpha value is -2.13. The SMILES string of the molecule is N[C@@H]1C(=O)N2C(C(=O)O)=C(Sc3cccc4oc5c(CCl)cccc5c34)CS[C@H]12. The van der Waals surface area contributed by atoms with Crippen LogP contribution < -0.4 is 5.73 Å². The van der Waals surface area contributed by atoms with E-state index in [1.807, 2.05) is 36.4 Å². The molecular weight excluding hydrogens is 432 g/mol. The summed E-state index contributed by atoms with van der Waals surface area (Å²) in [4.78, 5) is 26.9. The van der Waals surface area contributed by atoms with Crippen LogP contribution in [0.2, 0.25) is 0 Å². The summed E-state index contributed by atoms with van der Waals surface area (Å²) in [6.45, 7) is 0. The second-order valence-electron chi connectivity index (χ2n) is 6.77. The van der Waals surface area contributed by atoms with Crippen LogP contribution in [0.15, 0.2) is 56.3 Å². The van der Waals surface area contributed by atoms with E-state index in [1.54, 1.807) is 0 Å². The molecule has 3 aromatic rings. The second-order valence-corrected chi connectivity index (χ2v) is 9.28. The van der Waals surface area contributed by atoms with E-state index >= 15 is 0 Å². The number of carboxylic acids is 1. The summed E-state index contributed by atoms with van der Waals surface area (Å²) in [7, 11) is 0. The minimum absolute atomic E-state index is 0.0247. The summed E-state index contributed by atoms with van der Waals surface area (Å²) in [5.74, 6) is -0.653. The molecule has 148 valence electrons. The van der Waals surface area contributed by atoms with Gasteiger partial charge in [-0.25, -0.2) is 4.79 Å². The van der Waals surface area contributed by atoms with Gasteiger partial charge in [0.1, 0.15) is 28.3 Å². The molecule has 0 spiro atoms. The number of rotatable bonds is 4. The first-order valence-corrected chi connectivity index (χ1v) is 11.2. The van der Waals surface area contributed by atoms with Crippen LogP contribution in [0, 0.1) is 0 Å². The highest BCUT2D eigenvalue weighted by molar-refractivity contribution is 8.06. The quantitative estimate of drug-likeness (QED) is 0.462. The molecule has 0 unspecified atom stereocenters. The molecule has 0 radical (unpaired) electrons. The number of carbonyl (C=O) groups excluding carboxylic acids is 1. The highest BCUT2D eigenvalue weighted by atomic mass is 35.5. The van der Waals surface area contributed by atoms with Crippen LogP contribution in [0.4, 0.5) is 0 Å². The van der Waals surface area contributed by atoms with E-state index in [1.165, 1.54) is 28.4 Å². The maximum Gasteiger partial charge on any atom is 0.353 e. The summed E-state index contributed by atoms with van der Waals surface area (Å²) in [5, 5.41) is 11.3. The largest absolute Gasteiger partial charge is 0.477 e. The van der Waals surface area contributed by atoms with Crippen molar-refractivity contribution in [3.05, 3.63) is 52.6 Å². The Morgan fingerprint density at radius 2 is 2.14 bits per heavy atom. The normalized spacial score (nSPS) is 21.6. The summed E-state index contributed by atoms with van der Waals surface area (Å²) in [5.41, 5.74) is 8.20. The van der Waals surface area contributed by atoms with Gasteiger partial charge in [0.25, 0.3) is 0 Å². The molecule has 0 bridgehead atoms. The third-order valence-corrected chi connectivity index (χ3v) is 8.04. The van der Waals surface area contributed by atoms with Gasteiger partial charge < -0.3 is 15.3 Å². The first kappa shape index (κ1) is 18.9. The zero-order chi connectivity index (χ0) is 20.3. The van der Waals surface area contributed by atoms with Crippen molar-refractivity contribution in [2.75, 3.05) is 5.75 Å². The lowest BCUT2D eigenvalue weighted by Gasteiger charge is -2.47. The van der Waals surface area contributed by atoms with Crippen LogP contribution in [-0.4, -0.2) is 39.1 Å². The molecule has 0 saturated carbocycles. The summed E-state index contributed by atoms with van der Waals surface area (Å²) >= 11 is 8.90. The van der Waals surface area contributed by atoms with E-state index in [4.69, 9.17) is 21.8 Å². The molecule has 6 nitrogen and oxygen atoms in total. The van der Waals surface area contributed by atoms with Gasteiger partial charge in [0, 0.05) is 31.9 Å². The third-order valence-electron chi connectivity index (χ3n) is 5.12. The third kappa shape index (κ3) is 2.78. The number of β-lactam (4-membered cyclic amide) rings is 1. The summed E-state index contributed by atoms with van der Waals surface area (Å²) < 4.78 is 6.04. The van der Waals surface area contributed by atoms with Gasteiger partial charge in [-0.3, -0.25) is 9.69 Å². The van der Waals surface area contributed by atoms with Crippen molar-refractivity contribution in [2.24, 2.45) is 5.73 Å². The molecule has 29 heavy (non-hydrogen) atoms. The van der Waals surface area contributed by atoms with Crippen molar-refractivity contribution in [3.63, 3.8) is 0 Å². The molecule has 3 heterocycles. The molecule has 2 aromatic carbocycles. The van der Waals surface area contributed by atoms with E-state index < -0.39 is 12.0 Å². The molecule has 1 fully saturated rings. The molecule has 0 aliphatic carbocycles. The molecule has 2 aliphatic rings. The van der Waals surface area contributed by atoms with Crippen LogP contribution in [0.5, 0.6) is 0 Å². The van der Waals surface area contributed by atoms with Crippen molar-refractivity contribution >= 4 is 68.9 Å². The summed E-state index contributed by atoms with van der Waals surface area (Å²) in [6.07, 6.45) is 0. The Kier molecular flexibility index (Phi) is 4.54. The monoisotopic (exact) mass is 446 g/mol. The van der Waals surface area contributed by atoms with Crippen LogP contribution in [-0.2, 0) is 15.5 Å². The van der Waals surface area contributed by atoms with E-state index in [9.17, 15) is 14.7 Å². The molecule has 1 amide bonds.